The molecule has 0 aliphatic carbocycles. The molecule has 1 aromatic heterocycles. The minimum Gasteiger partial charge on any atom is -0.502 e. The summed E-state index contributed by atoms with van der Waals surface area (Å²) >= 11 is 0. The molecule has 0 bridgehead atoms. The molecule has 3 rings (SSSR count). The van der Waals surface area contributed by atoms with Gasteiger partial charge in [0.15, 0.2) is 5.76 Å². The molecule has 2 N–H and O–H groups in total. The topological polar surface area (TPSA) is 118 Å². The van der Waals surface area contributed by atoms with Crippen LogP contribution < -0.4 is 5.32 Å². The van der Waals surface area contributed by atoms with Gasteiger partial charge < -0.3 is 14.8 Å². The summed E-state index contributed by atoms with van der Waals surface area (Å²) in [6, 6.07) is 14.0. The summed E-state index contributed by atoms with van der Waals surface area (Å²) < 4.78 is 5.02. The van der Waals surface area contributed by atoms with Gasteiger partial charge in [-0.2, -0.15) is 0 Å². The number of rotatable bonds is 5. The van der Waals surface area contributed by atoms with E-state index in [0.717, 1.165) is 0 Å². The maximum Gasteiger partial charge on any atom is 0.311 e. The van der Waals surface area contributed by atoms with Crippen LogP contribution in [0, 0.1) is 10.1 Å². The number of carbonyl (C=O) groups is 1. The summed E-state index contributed by atoms with van der Waals surface area (Å²) in [6.45, 7) is 0. The quantitative estimate of drug-likeness (QED) is 0.410. The molecule has 26 heavy (non-hydrogen) atoms. The van der Waals surface area contributed by atoms with E-state index in [9.17, 15) is 20.0 Å². The summed E-state index contributed by atoms with van der Waals surface area (Å²) in [6.07, 6.45) is 2.72. The first kappa shape index (κ1) is 16.9. The Morgan fingerprint density at radius 1 is 1.19 bits per heavy atom. The number of benzene rings is 2. The highest BCUT2D eigenvalue weighted by molar-refractivity contribution is 6.02. The summed E-state index contributed by atoms with van der Waals surface area (Å²) in [5.74, 6) is -0.670. The molecule has 0 atom stereocenters. The average molecular weight is 351 g/mol. The average Bonchev–Trinajstić information content (AvgIpc) is 3.16. The first-order valence-corrected chi connectivity index (χ1v) is 7.50. The number of anilines is 1. The molecule has 3 aromatic rings. The summed E-state index contributed by atoms with van der Waals surface area (Å²) in [5, 5.41) is 23.4. The SMILES string of the molecule is O=C(Nc1cccc(N=Cc2cccc([N+](=O)[O-])c2O)c1)c1ccco1. The van der Waals surface area contributed by atoms with Gasteiger partial charge in [0.25, 0.3) is 5.91 Å². The Balaban J connectivity index is 1.79. The van der Waals surface area contributed by atoms with E-state index in [1.807, 2.05) is 0 Å². The van der Waals surface area contributed by atoms with Crippen LogP contribution in [0.15, 0.2) is 70.3 Å². The number of hydrogen-bond donors (Lipinski definition) is 2. The largest absolute Gasteiger partial charge is 0.502 e. The molecule has 0 aliphatic heterocycles. The van der Waals surface area contributed by atoms with Gasteiger partial charge in [0.1, 0.15) is 0 Å². The van der Waals surface area contributed by atoms with Crippen molar-refractivity contribution in [2.75, 3.05) is 5.32 Å². The van der Waals surface area contributed by atoms with E-state index in [-0.39, 0.29) is 11.3 Å². The zero-order chi connectivity index (χ0) is 18.5. The molecule has 0 saturated heterocycles. The first-order chi connectivity index (χ1) is 12.5. The number of nitro groups is 1. The van der Waals surface area contributed by atoms with Crippen LogP contribution in [0.1, 0.15) is 16.1 Å². The molecule has 8 nitrogen and oxygen atoms in total. The molecule has 0 saturated carbocycles. The molecular formula is C18H13N3O5. The highest BCUT2D eigenvalue weighted by Gasteiger charge is 2.15. The maximum absolute atomic E-state index is 12.0. The molecule has 8 heteroatoms. The van der Waals surface area contributed by atoms with Crippen molar-refractivity contribution in [1.29, 1.82) is 0 Å². The third kappa shape index (κ3) is 3.75. The second-order valence-corrected chi connectivity index (χ2v) is 5.21. The molecule has 0 fully saturated rings. The number of nitro benzene ring substituents is 1. The molecule has 1 heterocycles. The van der Waals surface area contributed by atoms with Crippen LogP contribution in [-0.4, -0.2) is 22.2 Å². The van der Waals surface area contributed by atoms with Crippen molar-refractivity contribution in [1.82, 2.24) is 0 Å². The van der Waals surface area contributed by atoms with E-state index in [1.165, 1.54) is 30.7 Å². The third-order valence-corrected chi connectivity index (χ3v) is 3.44. The summed E-state index contributed by atoms with van der Waals surface area (Å²) in [4.78, 5) is 26.3. The number of para-hydroxylation sites is 1. The molecule has 1 amide bonds. The summed E-state index contributed by atoms with van der Waals surface area (Å²) in [7, 11) is 0. The molecule has 130 valence electrons. The maximum atomic E-state index is 12.0. The highest BCUT2D eigenvalue weighted by Crippen LogP contribution is 2.28. The Morgan fingerprint density at radius 3 is 2.73 bits per heavy atom. The van der Waals surface area contributed by atoms with Crippen molar-refractivity contribution >= 4 is 29.2 Å². The van der Waals surface area contributed by atoms with Crippen molar-refractivity contribution in [3.63, 3.8) is 0 Å². The zero-order valence-electron chi connectivity index (χ0n) is 13.3. The number of hydrogen-bond acceptors (Lipinski definition) is 6. The van der Waals surface area contributed by atoms with Crippen LogP contribution in [0.2, 0.25) is 0 Å². The first-order valence-electron chi connectivity index (χ1n) is 7.50. The minimum atomic E-state index is -0.669. The van der Waals surface area contributed by atoms with E-state index in [1.54, 1.807) is 36.4 Å². The van der Waals surface area contributed by atoms with Crippen molar-refractivity contribution in [2.45, 2.75) is 0 Å². The smallest absolute Gasteiger partial charge is 0.311 e. The number of amides is 1. The lowest BCUT2D eigenvalue weighted by Crippen LogP contribution is -2.10. The van der Waals surface area contributed by atoms with Gasteiger partial charge in [-0.05, 0) is 36.4 Å². The molecule has 2 aromatic carbocycles. The molecule has 0 unspecified atom stereocenters. The predicted octanol–water partition coefficient (Wildman–Crippen LogP) is 3.90. The lowest BCUT2D eigenvalue weighted by molar-refractivity contribution is -0.385. The second-order valence-electron chi connectivity index (χ2n) is 5.21. The minimum absolute atomic E-state index is 0.181. The Labute approximate surface area is 147 Å². The lowest BCUT2D eigenvalue weighted by atomic mass is 10.2. The van der Waals surface area contributed by atoms with Crippen molar-refractivity contribution in [3.8, 4) is 5.75 Å². The number of nitrogens with zero attached hydrogens (tertiary/aromatic N) is 2. The van der Waals surface area contributed by atoms with Gasteiger partial charge in [0, 0.05) is 23.5 Å². The number of carbonyl (C=O) groups excluding carboxylic acids is 1. The monoisotopic (exact) mass is 351 g/mol. The van der Waals surface area contributed by atoms with E-state index in [2.05, 4.69) is 10.3 Å². The van der Waals surface area contributed by atoms with Crippen LogP contribution in [0.25, 0.3) is 0 Å². The molecular weight excluding hydrogens is 338 g/mol. The van der Waals surface area contributed by atoms with Crippen molar-refractivity contribution < 1.29 is 19.2 Å². The van der Waals surface area contributed by atoms with E-state index >= 15 is 0 Å². The normalized spacial score (nSPS) is 10.8. The number of aromatic hydroxyl groups is 1. The van der Waals surface area contributed by atoms with Gasteiger partial charge in [-0.15, -0.1) is 0 Å². The number of nitrogens with one attached hydrogen (secondary N) is 1. The predicted molar refractivity (Wildman–Crippen MR) is 95.1 cm³/mol. The van der Waals surface area contributed by atoms with Gasteiger partial charge in [-0.25, -0.2) is 0 Å². The number of phenols is 1. The summed E-state index contributed by atoms with van der Waals surface area (Å²) in [5.41, 5.74) is 0.815. The van der Waals surface area contributed by atoms with Crippen molar-refractivity contribution in [3.05, 3.63) is 82.3 Å². The fraction of sp³-hybridized carbons (Fsp3) is 0. The van der Waals surface area contributed by atoms with E-state index < -0.39 is 22.3 Å². The van der Waals surface area contributed by atoms with Gasteiger partial charge >= 0.3 is 5.69 Å². The van der Waals surface area contributed by atoms with Crippen LogP contribution in [0.5, 0.6) is 5.75 Å². The Morgan fingerprint density at radius 2 is 2.00 bits per heavy atom. The van der Waals surface area contributed by atoms with Crippen LogP contribution in [0.4, 0.5) is 17.1 Å². The zero-order valence-corrected chi connectivity index (χ0v) is 13.3. The van der Waals surface area contributed by atoms with Crippen molar-refractivity contribution in [2.24, 2.45) is 4.99 Å². The van der Waals surface area contributed by atoms with Gasteiger partial charge in [-0.1, -0.05) is 12.1 Å². The van der Waals surface area contributed by atoms with E-state index in [0.29, 0.717) is 11.4 Å². The lowest BCUT2D eigenvalue weighted by Gasteiger charge is -2.04. The van der Waals surface area contributed by atoms with Gasteiger partial charge in [-0.3, -0.25) is 19.9 Å². The standard InChI is InChI=1S/C18H13N3O5/c22-17-12(4-1-7-15(17)21(24)25)11-19-13-5-2-6-14(10-13)20-18(23)16-8-3-9-26-16/h1-11,22H,(H,20,23). The van der Waals surface area contributed by atoms with Crippen LogP contribution >= 0.6 is 0 Å². The van der Waals surface area contributed by atoms with Gasteiger partial charge in [0.2, 0.25) is 5.75 Å². The van der Waals surface area contributed by atoms with Crippen LogP contribution in [-0.2, 0) is 0 Å². The third-order valence-electron chi connectivity index (χ3n) is 3.44. The van der Waals surface area contributed by atoms with E-state index in [4.69, 9.17) is 4.42 Å². The number of aliphatic imine (C=N–C) groups is 1. The molecule has 0 aliphatic rings. The Bertz CT molecular complexity index is 980. The fourth-order valence-electron chi connectivity index (χ4n) is 2.21. The second kappa shape index (κ2) is 7.31. The molecule has 0 spiro atoms. The van der Waals surface area contributed by atoms with Gasteiger partial charge in [0.05, 0.1) is 16.9 Å². The number of furan rings is 1. The fourth-order valence-corrected chi connectivity index (χ4v) is 2.21. The molecule has 0 radical (unpaired) electrons. The Kier molecular flexibility index (Phi) is 4.75. The highest BCUT2D eigenvalue weighted by atomic mass is 16.6. The Hall–Kier alpha value is -3.94. The van der Waals surface area contributed by atoms with Crippen LogP contribution in [0.3, 0.4) is 0 Å². The number of phenolic OH excluding ortho intramolecular Hbond substituents is 1.